The summed E-state index contributed by atoms with van der Waals surface area (Å²) in [5.41, 5.74) is 1.29. The van der Waals surface area contributed by atoms with Gasteiger partial charge in [0.15, 0.2) is 17.6 Å². The van der Waals surface area contributed by atoms with E-state index in [1.807, 2.05) is 6.92 Å². The number of aliphatic carboxylic acids is 2. The highest BCUT2D eigenvalue weighted by atomic mass is 79.9. The molecule has 0 aliphatic rings. The number of rotatable bonds is 11. The molecule has 12 heteroatoms. The van der Waals surface area contributed by atoms with E-state index in [0.717, 1.165) is 11.8 Å². The topological polar surface area (TPSA) is 133 Å². The van der Waals surface area contributed by atoms with Crippen LogP contribution in [0.4, 0.5) is 0 Å². The number of hydrogen-bond acceptors (Lipinski definition) is 8. The molecule has 3 rings (SSSR count). The molecule has 184 valence electrons. The molecule has 0 atom stereocenters. The Morgan fingerprint density at radius 1 is 1.09 bits per heavy atom. The second kappa shape index (κ2) is 11.8. The van der Waals surface area contributed by atoms with Crippen LogP contribution < -0.4 is 14.2 Å². The van der Waals surface area contributed by atoms with Crippen LogP contribution in [0, 0.1) is 0 Å². The molecule has 0 unspecified atom stereocenters. The lowest BCUT2D eigenvalue weighted by Gasteiger charge is -2.11. The summed E-state index contributed by atoms with van der Waals surface area (Å²) in [4.78, 5) is 22.7. The fraction of sp³-hybridized carbons (Fsp3) is 0.217. The Bertz CT molecular complexity index is 1250. The zero-order chi connectivity index (χ0) is 25.5. The highest BCUT2D eigenvalue weighted by molar-refractivity contribution is 9.10. The molecule has 0 fully saturated rings. The van der Waals surface area contributed by atoms with Crippen LogP contribution in [0.5, 0.6) is 17.2 Å². The van der Waals surface area contributed by atoms with E-state index in [-0.39, 0.29) is 4.91 Å². The number of thioether (sulfide) groups is 1. The predicted molar refractivity (Wildman–Crippen MR) is 133 cm³/mol. The van der Waals surface area contributed by atoms with Crippen LogP contribution in [-0.4, -0.2) is 57.7 Å². The average Bonchev–Trinajstić information content (AvgIpc) is 3.25. The number of halogens is 1. The van der Waals surface area contributed by atoms with Gasteiger partial charge in [0.2, 0.25) is 0 Å². The SMILES string of the molecule is CCn1c(S/C(=C/c2ccc(OCC(=O)O)c(Br)c2)C(=O)O)nnc1-c1cc(OC)cc(OC)c1. The van der Waals surface area contributed by atoms with Crippen molar-refractivity contribution >= 4 is 45.7 Å². The number of aromatic nitrogens is 3. The third-order valence-corrected chi connectivity index (χ3v) is 6.28. The smallest absolute Gasteiger partial charge is 0.342 e. The van der Waals surface area contributed by atoms with Gasteiger partial charge in [0.05, 0.1) is 18.7 Å². The number of nitrogens with zero attached hydrogens (tertiary/aromatic N) is 3. The van der Waals surface area contributed by atoms with Gasteiger partial charge in [-0.1, -0.05) is 6.07 Å². The molecule has 1 heterocycles. The van der Waals surface area contributed by atoms with E-state index >= 15 is 0 Å². The third-order valence-electron chi connectivity index (χ3n) is 4.66. The predicted octanol–water partition coefficient (Wildman–Crippen LogP) is 4.43. The molecular weight excluding hydrogens is 542 g/mol. The Labute approximate surface area is 213 Å². The lowest BCUT2D eigenvalue weighted by molar-refractivity contribution is -0.139. The lowest BCUT2D eigenvalue weighted by atomic mass is 10.2. The van der Waals surface area contributed by atoms with Crippen molar-refractivity contribution in [3.05, 3.63) is 51.3 Å². The molecule has 0 bridgehead atoms. The zero-order valence-corrected chi connectivity index (χ0v) is 21.4. The average molecular weight is 564 g/mol. The largest absolute Gasteiger partial charge is 0.497 e. The minimum absolute atomic E-state index is 0.0213. The Balaban J connectivity index is 1.93. The standard InChI is InChI=1S/C23H22BrN3O7S/c1-4-27-21(14-9-15(32-2)11-16(10-14)33-3)25-26-23(27)35-19(22(30)31)8-13-5-6-18(17(24)7-13)34-12-20(28)29/h5-11H,4,12H2,1-3H3,(H,28,29)(H,30,31)/b19-8+. The van der Waals surface area contributed by atoms with Crippen LogP contribution in [-0.2, 0) is 16.1 Å². The summed E-state index contributed by atoms with van der Waals surface area (Å²) in [5, 5.41) is 27.5. The van der Waals surface area contributed by atoms with Crippen molar-refractivity contribution in [3.8, 4) is 28.6 Å². The number of ether oxygens (including phenoxy) is 3. The van der Waals surface area contributed by atoms with Crippen molar-refractivity contribution in [3.63, 3.8) is 0 Å². The van der Waals surface area contributed by atoms with Crippen LogP contribution in [0.3, 0.4) is 0 Å². The van der Waals surface area contributed by atoms with Gasteiger partial charge in [0.25, 0.3) is 0 Å². The van der Waals surface area contributed by atoms with Crippen LogP contribution in [0.15, 0.2) is 50.9 Å². The summed E-state index contributed by atoms with van der Waals surface area (Å²) in [6.07, 6.45) is 1.49. The molecule has 0 saturated heterocycles. The number of methoxy groups -OCH3 is 2. The Morgan fingerprint density at radius 3 is 2.31 bits per heavy atom. The molecule has 0 aliphatic carbocycles. The Hall–Kier alpha value is -3.51. The van der Waals surface area contributed by atoms with Gasteiger partial charge in [0.1, 0.15) is 22.2 Å². The number of carbonyl (C=O) groups is 2. The molecule has 3 aromatic rings. The number of carboxylic acid groups (broad SMARTS) is 2. The molecule has 1 aromatic heterocycles. The maximum Gasteiger partial charge on any atom is 0.342 e. The summed E-state index contributed by atoms with van der Waals surface area (Å²) in [7, 11) is 3.11. The molecule has 2 N–H and O–H groups in total. The quantitative estimate of drug-likeness (QED) is 0.255. The fourth-order valence-corrected chi connectivity index (χ4v) is 4.44. The van der Waals surface area contributed by atoms with Crippen LogP contribution in [0.25, 0.3) is 17.5 Å². The van der Waals surface area contributed by atoms with Gasteiger partial charge in [-0.05, 0) is 70.5 Å². The van der Waals surface area contributed by atoms with Gasteiger partial charge >= 0.3 is 11.9 Å². The summed E-state index contributed by atoms with van der Waals surface area (Å²) in [5.74, 6) is -0.180. The Morgan fingerprint density at radius 2 is 1.77 bits per heavy atom. The van der Waals surface area contributed by atoms with Crippen LogP contribution >= 0.6 is 27.7 Å². The maximum absolute atomic E-state index is 12.0. The summed E-state index contributed by atoms with van der Waals surface area (Å²) >= 11 is 4.28. The first-order valence-electron chi connectivity index (χ1n) is 10.2. The van der Waals surface area contributed by atoms with Crippen molar-refractivity contribution in [2.45, 2.75) is 18.6 Å². The van der Waals surface area contributed by atoms with Gasteiger partial charge in [-0.3, -0.25) is 0 Å². The second-order valence-electron chi connectivity index (χ2n) is 6.94. The van der Waals surface area contributed by atoms with E-state index < -0.39 is 18.5 Å². The van der Waals surface area contributed by atoms with Gasteiger partial charge in [-0.2, -0.15) is 0 Å². The number of benzene rings is 2. The van der Waals surface area contributed by atoms with Crippen molar-refractivity contribution in [2.24, 2.45) is 0 Å². The van der Waals surface area contributed by atoms with E-state index in [1.165, 1.54) is 6.08 Å². The van der Waals surface area contributed by atoms with Crippen molar-refractivity contribution < 1.29 is 34.0 Å². The van der Waals surface area contributed by atoms with Gasteiger partial charge in [-0.25, -0.2) is 9.59 Å². The van der Waals surface area contributed by atoms with E-state index in [9.17, 15) is 14.7 Å². The Kier molecular flexibility index (Phi) is 8.77. The normalized spacial score (nSPS) is 11.3. The van der Waals surface area contributed by atoms with Crippen molar-refractivity contribution in [1.29, 1.82) is 0 Å². The molecule has 0 saturated carbocycles. The number of carboxylic acids is 2. The highest BCUT2D eigenvalue weighted by Crippen LogP contribution is 2.34. The first kappa shape index (κ1) is 26.1. The minimum Gasteiger partial charge on any atom is -0.497 e. The molecule has 0 aliphatic heterocycles. The first-order chi connectivity index (χ1) is 16.7. The van der Waals surface area contributed by atoms with E-state index in [1.54, 1.807) is 55.2 Å². The summed E-state index contributed by atoms with van der Waals surface area (Å²) in [6.45, 7) is 1.92. The zero-order valence-electron chi connectivity index (χ0n) is 19.0. The van der Waals surface area contributed by atoms with E-state index in [2.05, 4.69) is 26.1 Å². The van der Waals surface area contributed by atoms with Gasteiger partial charge < -0.3 is 29.0 Å². The first-order valence-corrected chi connectivity index (χ1v) is 11.8. The fourth-order valence-electron chi connectivity index (χ4n) is 3.05. The molecule has 35 heavy (non-hydrogen) atoms. The second-order valence-corrected chi connectivity index (χ2v) is 8.80. The monoisotopic (exact) mass is 563 g/mol. The van der Waals surface area contributed by atoms with E-state index in [4.69, 9.17) is 19.3 Å². The van der Waals surface area contributed by atoms with Crippen LogP contribution in [0.2, 0.25) is 0 Å². The third kappa shape index (κ3) is 6.55. The molecule has 10 nitrogen and oxygen atoms in total. The maximum atomic E-state index is 12.0. The molecule has 2 aromatic carbocycles. The lowest BCUT2D eigenvalue weighted by Crippen LogP contribution is -2.09. The molecule has 0 amide bonds. The summed E-state index contributed by atoms with van der Waals surface area (Å²) in [6, 6.07) is 10.2. The van der Waals surface area contributed by atoms with Crippen molar-refractivity contribution in [1.82, 2.24) is 14.8 Å². The molecular formula is C23H22BrN3O7S. The van der Waals surface area contributed by atoms with Gasteiger partial charge in [-0.15, -0.1) is 10.2 Å². The van der Waals surface area contributed by atoms with E-state index in [0.29, 0.717) is 50.4 Å². The minimum atomic E-state index is -1.13. The van der Waals surface area contributed by atoms with Gasteiger partial charge in [0, 0.05) is 18.2 Å². The number of hydrogen-bond donors (Lipinski definition) is 2. The molecule has 0 radical (unpaired) electrons. The van der Waals surface area contributed by atoms with Crippen LogP contribution in [0.1, 0.15) is 12.5 Å². The molecule has 0 spiro atoms. The van der Waals surface area contributed by atoms with Crippen molar-refractivity contribution in [2.75, 3.05) is 20.8 Å². The highest BCUT2D eigenvalue weighted by Gasteiger charge is 2.19. The summed E-state index contributed by atoms with van der Waals surface area (Å²) < 4.78 is 18.1.